The zero-order valence-electron chi connectivity index (χ0n) is 7.00. The first-order valence-electron chi connectivity index (χ1n) is 3.53. The predicted octanol–water partition coefficient (Wildman–Crippen LogP) is 2.13. The van der Waals surface area contributed by atoms with E-state index in [-0.39, 0.29) is 0 Å². The molecule has 0 aliphatic carbocycles. The van der Waals surface area contributed by atoms with Gasteiger partial charge < -0.3 is 4.74 Å². The van der Waals surface area contributed by atoms with Gasteiger partial charge in [-0.1, -0.05) is 6.07 Å². The Hall–Kier alpha value is -0.600. The second-order valence-corrected chi connectivity index (χ2v) is 3.88. The van der Waals surface area contributed by atoms with Crippen LogP contribution in [0.15, 0.2) is 22.7 Å². The van der Waals surface area contributed by atoms with Crippen LogP contribution in [0.5, 0.6) is 0 Å². The molecular weight excluding hydrogens is 253 g/mol. The molecule has 70 valence electrons. The van der Waals surface area contributed by atoms with Crippen molar-refractivity contribution >= 4 is 42.3 Å². The number of hydrogen-bond donors (Lipinski definition) is 1. The number of amides is 1. The van der Waals surface area contributed by atoms with E-state index < -0.39 is 6.09 Å². The molecule has 0 radical (unpaired) electrons. The monoisotopic (exact) mass is 261 g/mol. The van der Waals surface area contributed by atoms with Crippen molar-refractivity contribution in [2.45, 2.75) is 0 Å². The molecule has 0 aliphatic rings. The Kier molecular flexibility index (Phi) is 3.70. The molecule has 0 fully saturated rings. The number of rotatable bonds is 1. The van der Waals surface area contributed by atoms with Gasteiger partial charge in [0.2, 0.25) is 0 Å². The van der Waals surface area contributed by atoms with Gasteiger partial charge in [-0.2, -0.15) is 0 Å². The summed E-state index contributed by atoms with van der Waals surface area (Å²) in [6, 6.07) is 5.56. The van der Waals surface area contributed by atoms with E-state index in [9.17, 15) is 4.79 Å². The lowest BCUT2D eigenvalue weighted by atomic mass is 10.3. The zero-order valence-corrected chi connectivity index (χ0v) is 9.74. The second kappa shape index (κ2) is 4.58. The summed E-state index contributed by atoms with van der Waals surface area (Å²) in [7, 11) is 3.90. The van der Waals surface area contributed by atoms with Gasteiger partial charge in [0.1, 0.15) is 0 Å². The molecule has 0 bridgehead atoms. The third-order valence-corrected chi connectivity index (χ3v) is 2.43. The van der Waals surface area contributed by atoms with E-state index in [1.165, 1.54) is 7.11 Å². The summed E-state index contributed by atoms with van der Waals surface area (Å²) in [6.07, 6.45) is -0.475. The van der Waals surface area contributed by atoms with Crippen LogP contribution >= 0.6 is 25.2 Å². The molecule has 1 amide bonds. The molecule has 0 heterocycles. The van der Waals surface area contributed by atoms with Crippen LogP contribution in [-0.4, -0.2) is 13.2 Å². The molecule has 1 unspecified atom stereocenters. The molecule has 0 saturated heterocycles. The molecule has 1 rings (SSSR count). The summed E-state index contributed by atoms with van der Waals surface area (Å²) in [5.41, 5.74) is 0.693. The molecule has 1 N–H and O–H groups in total. The Morgan fingerprint density at radius 1 is 1.62 bits per heavy atom. The van der Waals surface area contributed by atoms with Gasteiger partial charge in [-0.05, 0) is 33.4 Å². The van der Waals surface area contributed by atoms with Crippen molar-refractivity contribution in [2.24, 2.45) is 0 Å². The summed E-state index contributed by atoms with van der Waals surface area (Å²) in [5.74, 6) is 0. The van der Waals surface area contributed by atoms with E-state index in [4.69, 9.17) is 0 Å². The SMILES string of the molecule is COC(=O)Nc1ccc(P)cc1Br. The molecule has 3 nitrogen and oxygen atoms in total. The fraction of sp³-hybridized carbons (Fsp3) is 0.125. The first-order chi connectivity index (χ1) is 6.13. The highest BCUT2D eigenvalue weighted by Gasteiger charge is 2.03. The molecule has 1 aromatic carbocycles. The van der Waals surface area contributed by atoms with Gasteiger partial charge in [-0.15, -0.1) is 9.24 Å². The van der Waals surface area contributed by atoms with Crippen LogP contribution in [0.1, 0.15) is 0 Å². The van der Waals surface area contributed by atoms with Gasteiger partial charge in [0.25, 0.3) is 0 Å². The number of carbonyl (C=O) groups excluding carboxylic acids is 1. The maximum absolute atomic E-state index is 10.9. The Balaban J connectivity index is 2.83. The highest BCUT2D eigenvalue weighted by molar-refractivity contribution is 9.10. The van der Waals surface area contributed by atoms with E-state index in [0.29, 0.717) is 5.69 Å². The minimum Gasteiger partial charge on any atom is -0.453 e. The quantitative estimate of drug-likeness (QED) is 0.787. The van der Waals surface area contributed by atoms with Crippen LogP contribution in [-0.2, 0) is 4.74 Å². The van der Waals surface area contributed by atoms with Crippen molar-refractivity contribution in [3.05, 3.63) is 22.7 Å². The smallest absolute Gasteiger partial charge is 0.411 e. The van der Waals surface area contributed by atoms with Crippen molar-refractivity contribution in [2.75, 3.05) is 12.4 Å². The van der Waals surface area contributed by atoms with Crippen LogP contribution < -0.4 is 10.6 Å². The lowest BCUT2D eigenvalue weighted by Crippen LogP contribution is -2.11. The van der Waals surface area contributed by atoms with Gasteiger partial charge in [-0.25, -0.2) is 4.79 Å². The average molecular weight is 262 g/mol. The highest BCUT2D eigenvalue weighted by Crippen LogP contribution is 2.21. The summed E-state index contributed by atoms with van der Waals surface area (Å²) in [6.45, 7) is 0. The number of hydrogen-bond acceptors (Lipinski definition) is 2. The molecule has 1 aromatic rings. The third kappa shape index (κ3) is 2.98. The number of nitrogens with one attached hydrogen (secondary N) is 1. The minimum absolute atomic E-state index is 0.475. The zero-order chi connectivity index (χ0) is 9.84. The first-order valence-corrected chi connectivity index (χ1v) is 4.90. The van der Waals surface area contributed by atoms with Crippen molar-refractivity contribution in [1.82, 2.24) is 0 Å². The Labute approximate surface area is 87.2 Å². The summed E-state index contributed by atoms with van der Waals surface area (Å²) < 4.78 is 5.29. The fourth-order valence-corrected chi connectivity index (χ4v) is 1.80. The van der Waals surface area contributed by atoms with E-state index in [2.05, 4.69) is 35.2 Å². The van der Waals surface area contributed by atoms with E-state index in [0.717, 1.165) is 9.78 Å². The standard InChI is InChI=1S/C8H9BrNO2P/c1-12-8(11)10-7-3-2-5(13)4-6(7)9/h2-4H,13H2,1H3,(H,10,11). The number of anilines is 1. The maximum Gasteiger partial charge on any atom is 0.411 e. The van der Waals surface area contributed by atoms with Gasteiger partial charge in [-0.3, -0.25) is 5.32 Å². The van der Waals surface area contributed by atoms with E-state index >= 15 is 0 Å². The fourth-order valence-electron chi connectivity index (χ4n) is 0.794. The van der Waals surface area contributed by atoms with Crippen molar-refractivity contribution in [3.63, 3.8) is 0 Å². The Morgan fingerprint density at radius 3 is 2.85 bits per heavy atom. The predicted molar refractivity (Wildman–Crippen MR) is 59.5 cm³/mol. The second-order valence-electron chi connectivity index (χ2n) is 2.36. The Morgan fingerprint density at radius 2 is 2.31 bits per heavy atom. The van der Waals surface area contributed by atoms with Crippen LogP contribution in [0.25, 0.3) is 0 Å². The third-order valence-electron chi connectivity index (χ3n) is 1.42. The van der Waals surface area contributed by atoms with Crippen LogP contribution in [0.2, 0.25) is 0 Å². The summed E-state index contributed by atoms with van der Waals surface area (Å²) in [4.78, 5) is 10.9. The lowest BCUT2D eigenvalue weighted by Gasteiger charge is -2.06. The first kappa shape index (κ1) is 10.5. The lowest BCUT2D eigenvalue weighted by molar-refractivity contribution is 0.187. The number of methoxy groups -OCH3 is 1. The topological polar surface area (TPSA) is 38.3 Å². The van der Waals surface area contributed by atoms with E-state index in [1.54, 1.807) is 6.07 Å². The molecule has 1 atom stereocenters. The Bertz CT molecular complexity index is 330. The molecule has 5 heteroatoms. The van der Waals surface area contributed by atoms with Gasteiger partial charge in [0.15, 0.2) is 0 Å². The van der Waals surface area contributed by atoms with Crippen molar-refractivity contribution in [3.8, 4) is 0 Å². The number of ether oxygens (including phenoxy) is 1. The van der Waals surface area contributed by atoms with Crippen LogP contribution in [0, 0.1) is 0 Å². The largest absolute Gasteiger partial charge is 0.453 e. The van der Waals surface area contributed by atoms with Crippen LogP contribution in [0.4, 0.5) is 10.5 Å². The number of halogens is 1. The molecule has 0 saturated carbocycles. The highest BCUT2D eigenvalue weighted by atomic mass is 79.9. The van der Waals surface area contributed by atoms with Crippen molar-refractivity contribution < 1.29 is 9.53 Å². The van der Waals surface area contributed by atoms with Gasteiger partial charge >= 0.3 is 6.09 Å². The summed E-state index contributed by atoms with van der Waals surface area (Å²) >= 11 is 3.32. The molecule has 0 aliphatic heterocycles. The van der Waals surface area contributed by atoms with Crippen molar-refractivity contribution in [1.29, 1.82) is 0 Å². The average Bonchev–Trinajstić information content (AvgIpc) is 2.09. The van der Waals surface area contributed by atoms with Gasteiger partial charge in [0.05, 0.1) is 12.8 Å². The van der Waals surface area contributed by atoms with E-state index in [1.807, 2.05) is 12.1 Å². The van der Waals surface area contributed by atoms with Gasteiger partial charge in [0, 0.05) is 4.47 Å². The number of carbonyl (C=O) groups is 1. The molecule has 0 spiro atoms. The summed E-state index contributed by atoms with van der Waals surface area (Å²) in [5, 5.41) is 3.61. The molecule has 13 heavy (non-hydrogen) atoms. The van der Waals surface area contributed by atoms with Crippen LogP contribution in [0.3, 0.4) is 0 Å². The maximum atomic E-state index is 10.9. The normalized spacial score (nSPS) is 9.46. The number of benzene rings is 1. The minimum atomic E-state index is -0.475. The molecular formula is C8H9BrNO2P. The molecule has 0 aromatic heterocycles.